The molecule has 0 aliphatic heterocycles. The number of hydrogen-bond donors (Lipinski definition) is 0. The monoisotopic (exact) mass is 242 g/mol. The number of halogens is 4. The lowest BCUT2D eigenvalue weighted by molar-refractivity contribution is 0.250. The quantitative estimate of drug-likeness (QED) is 0.622. The summed E-state index contributed by atoms with van der Waals surface area (Å²) in [4.78, 5) is 0. The number of rotatable bonds is 1. The van der Waals surface area contributed by atoms with Gasteiger partial charge in [-0.25, -0.2) is 8.78 Å². The Bertz CT molecular complexity index is 25.5. The van der Waals surface area contributed by atoms with Gasteiger partial charge in [0.1, 0.15) is 0 Å². The fourth-order valence-electron chi connectivity index (χ4n) is 0. The lowest BCUT2D eigenvalue weighted by Gasteiger charge is -1.80. The van der Waals surface area contributed by atoms with Crippen LogP contribution in [0.5, 0.6) is 0 Å². The van der Waals surface area contributed by atoms with E-state index in [4.69, 9.17) is 0 Å². The highest BCUT2D eigenvalue weighted by Crippen LogP contribution is 2.28. The van der Waals surface area contributed by atoms with Crippen LogP contribution in [0.1, 0.15) is 0 Å². The maximum atomic E-state index is 10.7. The molecule has 0 aliphatic carbocycles. The highest BCUT2D eigenvalue weighted by atomic mass is 79.9. The normalized spacial score (nSPS) is 10.0. The van der Waals surface area contributed by atoms with E-state index in [1.807, 2.05) is 0 Å². The molecule has 0 spiro atoms. The van der Waals surface area contributed by atoms with Crippen molar-refractivity contribution in [1.82, 2.24) is 0 Å². The second-order valence-corrected chi connectivity index (χ2v) is 2.44. The van der Waals surface area contributed by atoms with Gasteiger partial charge in [0, 0.05) is 7.28 Å². The number of alkyl halides is 2. The molecule has 5 heteroatoms. The van der Waals surface area contributed by atoms with Gasteiger partial charge in [0.25, 0.3) is 6.17 Å². The average Bonchev–Trinajstić information content (AvgIpc) is 1.38. The van der Waals surface area contributed by atoms with Crippen molar-refractivity contribution in [2.24, 2.45) is 0 Å². The van der Waals surface area contributed by atoms with Crippen LogP contribution in [0.2, 0.25) is 0 Å². The van der Waals surface area contributed by atoms with Crippen LogP contribution in [0, 0.1) is 0 Å². The molecule has 0 saturated heterocycles. The second-order valence-electron chi connectivity index (χ2n) is 0.410. The highest BCUT2D eigenvalue weighted by Gasteiger charge is 1.92. The summed E-state index contributed by atoms with van der Waals surface area (Å²) in [5.41, 5.74) is 0. The maximum Gasteiger partial charge on any atom is 0.262 e. The van der Waals surface area contributed by atoms with E-state index < -0.39 is 13.4 Å². The Morgan fingerprint density at radius 3 is 1.67 bits per heavy atom. The van der Waals surface area contributed by atoms with Gasteiger partial charge >= 0.3 is 0 Å². The lowest BCUT2D eigenvalue weighted by atomic mass is 11.7. The number of hydrogen-bond acceptors (Lipinski definition) is 0. The third-order valence-electron chi connectivity index (χ3n) is 0.0825. The van der Waals surface area contributed by atoms with Gasteiger partial charge in [-0.1, -0.05) is 15.5 Å². The Balaban J connectivity index is 0. The molecule has 0 bridgehead atoms. The van der Waals surface area contributed by atoms with E-state index in [-0.39, 0.29) is 17.0 Å². The van der Waals surface area contributed by atoms with Crippen LogP contribution < -0.4 is 0 Å². The van der Waals surface area contributed by atoms with Gasteiger partial charge in [-0.05, 0) is 0 Å². The zero-order chi connectivity index (χ0) is 4.28. The van der Waals surface area contributed by atoms with Gasteiger partial charge in [0.05, 0.1) is 0 Å². The Morgan fingerprint density at radius 2 is 1.67 bits per heavy atom. The summed E-state index contributed by atoms with van der Waals surface area (Å²) in [7, 11) is -0.407. The van der Waals surface area contributed by atoms with Gasteiger partial charge in [-0.15, -0.1) is 17.0 Å². The van der Waals surface area contributed by atoms with Crippen molar-refractivity contribution >= 4 is 39.8 Å². The molecule has 1 atom stereocenters. The molecule has 0 radical (unpaired) electrons. The van der Waals surface area contributed by atoms with Gasteiger partial charge < -0.3 is 0 Å². The molecule has 0 amide bonds. The smallest absolute Gasteiger partial charge is 0.205 e. The Kier molecular flexibility index (Phi) is 10.7. The second kappa shape index (κ2) is 6.25. The summed E-state index contributed by atoms with van der Waals surface area (Å²) >= 11 is 2.59. The molecule has 0 saturated carbocycles. The van der Waals surface area contributed by atoms with Crippen molar-refractivity contribution in [3.05, 3.63) is 0 Å². The molecule has 0 nitrogen and oxygen atoms in total. The van der Waals surface area contributed by atoms with Crippen LogP contribution in [-0.4, -0.2) is 6.17 Å². The standard InChI is InChI=1S/CH2BrF2P.BrH/c2-5-1(3)4;/h1,5H;1H. The predicted octanol–water partition coefficient (Wildman–Crippen LogP) is 2.78. The molecule has 0 N–H and O–H groups in total. The molecular formula is CH3Br2F2P. The first-order valence-corrected chi connectivity index (χ1v) is 4.25. The topological polar surface area (TPSA) is 0 Å². The molecule has 0 aromatic carbocycles. The summed E-state index contributed by atoms with van der Waals surface area (Å²) in [5.74, 6) is 0. The molecular weight excluding hydrogens is 241 g/mol. The summed E-state index contributed by atoms with van der Waals surface area (Å²) in [5, 5.41) is 0. The highest BCUT2D eigenvalue weighted by molar-refractivity contribution is 9.36. The average molecular weight is 244 g/mol. The van der Waals surface area contributed by atoms with Crippen molar-refractivity contribution < 1.29 is 8.78 Å². The van der Waals surface area contributed by atoms with Crippen molar-refractivity contribution in [1.29, 1.82) is 0 Å². The molecule has 40 valence electrons. The van der Waals surface area contributed by atoms with Gasteiger partial charge in [0.2, 0.25) is 0 Å². The molecule has 0 heterocycles. The van der Waals surface area contributed by atoms with E-state index in [1.165, 1.54) is 0 Å². The van der Waals surface area contributed by atoms with Crippen molar-refractivity contribution in [3.63, 3.8) is 0 Å². The van der Waals surface area contributed by atoms with E-state index in [1.54, 1.807) is 0 Å². The minimum absolute atomic E-state index is 0. The van der Waals surface area contributed by atoms with Crippen molar-refractivity contribution in [2.75, 3.05) is 0 Å². The molecule has 1 unspecified atom stereocenters. The molecule has 0 aromatic rings. The Hall–Kier alpha value is 1.25. The van der Waals surface area contributed by atoms with E-state index in [0.717, 1.165) is 0 Å². The molecule has 0 aromatic heterocycles. The van der Waals surface area contributed by atoms with Crippen LogP contribution >= 0.6 is 39.8 Å². The summed E-state index contributed by atoms with van der Waals surface area (Å²) < 4.78 is 21.5. The van der Waals surface area contributed by atoms with Crippen LogP contribution in [0.25, 0.3) is 0 Å². The first kappa shape index (κ1) is 10.3. The SMILES string of the molecule is Br.FC(F)PBr. The Labute approximate surface area is 55.0 Å². The van der Waals surface area contributed by atoms with Crippen molar-refractivity contribution in [2.45, 2.75) is 6.17 Å². The molecule has 0 fully saturated rings. The molecule has 0 rings (SSSR count). The van der Waals surface area contributed by atoms with Crippen LogP contribution in [-0.2, 0) is 0 Å². The summed E-state index contributed by atoms with van der Waals surface area (Å²) in [6, 6.07) is 0. The zero-order valence-electron chi connectivity index (χ0n) is 2.62. The minimum Gasteiger partial charge on any atom is -0.205 e. The third-order valence-corrected chi connectivity index (χ3v) is 1.29. The van der Waals surface area contributed by atoms with Crippen LogP contribution in [0.3, 0.4) is 0 Å². The summed E-state index contributed by atoms with van der Waals surface area (Å²) in [6.07, 6.45) is -2.17. The van der Waals surface area contributed by atoms with Crippen LogP contribution in [0.4, 0.5) is 8.78 Å². The first-order valence-electron chi connectivity index (χ1n) is 0.914. The fraction of sp³-hybridized carbons (Fsp3) is 1.00. The molecule has 6 heavy (non-hydrogen) atoms. The van der Waals surface area contributed by atoms with Gasteiger partial charge in [0.15, 0.2) is 0 Å². The molecule has 0 aliphatic rings. The predicted molar refractivity (Wildman–Crippen MR) is 33.6 cm³/mol. The fourth-order valence-corrected chi connectivity index (χ4v) is 0. The van der Waals surface area contributed by atoms with E-state index in [9.17, 15) is 8.78 Å². The van der Waals surface area contributed by atoms with E-state index in [2.05, 4.69) is 15.5 Å². The van der Waals surface area contributed by atoms with Crippen LogP contribution in [0.15, 0.2) is 0 Å². The first-order chi connectivity index (χ1) is 2.27. The third kappa shape index (κ3) is 8.98. The largest absolute Gasteiger partial charge is 0.262 e. The zero-order valence-corrected chi connectivity index (χ0v) is 6.92. The minimum atomic E-state index is -2.17. The van der Waals surface area contributed by atoms with Gasteiger partial charge in [-0.2, -0.15) is 0 Å². The van der Waals surface area contributed by atoms with Gasteiger partial charge in [-0.3, -0.25) is 0 Å². The summed E-state index contributed by atoms with van der Waals surface area (Å²) in [6.45, 7) is 0. The van der Waals surface area contributed by atoms with E-state index in [0.29, 0.717) is 0 Å². The Morgan fingerprint density at radius 1 is 1.50 bits per heavy atom. The van der Waals surface area contributed by atoms with Crippen molar-refractivity contribution in [3.8, 4) is 0 Å². The maximum absolute atomic E-state index is 10.7. The van der Waals surface area contributed by atoms with E-state index >= 15 is 0 Å². The lowest BCUT2D eigenvalue weighted by Crippen LogP contribution is -1.65.